The summed E-state index contributed by atoms with van der Waals surface area (Å²) < 4.78 is 5.77. The molecule has 1 saturated heterocycles. The highest BCUT2D eigenvalue weighted by Crippen LogP contribution is 2.24. The minimum atomic E-state index is -0.0200. The summed E-state index contributed by atoms with van der Waals surface area (Å²) in [5.41, 5.74) is 3.19. The van der Waals surface area contributed by atoms with Crippen molar-refractivity contribution < 1.29 is 9.21 Å². The summed E-state index contributed by atoms with van der Waals surface area (Å²) in [5.74, 6) is 0.421. The van der Waals surface area contributed by atoms with Gasteiger partial charge in [-0.3, -0.25) is 4.79 Å². The number of furan rings is 1. The summed E-state index contributed by atoms with van der Waals surface area (Å²) >= 11 is 0. The van der Waals surface area contributed by atoms with Crippen LogP contribution in [-0.4, -0.2) is 37.0 Å². The number of hydrogen-bond acceptors (Lipinski definition) is 3. The Hall–Kier alpha value is -1.81. The number of hydrogen-bond donors (Lipinski definition) is 1. The average Bonchev–Trinajstić information content (AvgIpc) is 2.90. The van der Waals surface area contributed by atoms with Gasteiger partial charge in [-0.15, -0.1) is 0 Å². The molecular formula is C17H22N2O2. The summed E-state index contributed by atoms with van der Waals surface area (Å²) in [6, 6.07) is 6.25. The lowest BCUT2D eigenvalue weighted by molar-refractivity contribution is 0.0673. The Morgan fingerprint density at radius 2 is 1.86 bits per heavy atom. The van der Waals surface area contributed by atoms with Crippen LogP contribution in [0.15, 0.2) is 22.6 Å². The second-order valence-corrected chi connectivity index (χ2v) is 5.98. The van der Waals surface area contributed by atoms with Crippen LogP contribution in [0.3, 0.4) is 0 Å². The van der Waals surface area contributed by atoms with E-state index in [1.54, 1.807) is 0 Å². The van der Waals surface area contributed by atoms with Gasteiger partial charge in [0.05, 0.1) is 0 Å². The lowest BCUT2D eigenvalue weighted by Crippen LogP contribution is -2.43. The fraction of sp³-hybridized carbons (Fsp3) is 0.471. The number of benzene rings is 1. The molecule has 4 heteroatoms. The van der Waals surface area contributed by atoms with E-state index in [0.29, 0.717) is 11.8 Å². The number of aryl methyl sites for hydroxylation is 2. The van der Waals surface area contributed by atoms with Crippen LogP contribution >= 0.6 is 0 Å². The van der Waals surface area contributed by atoms with Gasteiger partial charge < -0.3 is 14.6 Å². The van der Waals surface area contributed by atoms with Crippen LogP contribution in [0.5, 0.6) is 0 Å². The third-order valence-corrected chi connectivity index (χ3v) is 4.52. The molecule has 0 spiro atoms. The number of rotatable bonds is 2. The van der Waals surface area contributed by atoms with E-state index in [1.807, 2.05) is 24.1 Å². The van der Waals surface area contributed by atoms with Crippen molar-refractivity contribution in [1.82, 2.24) is 10.2 Å². The third kappa shape index (κ3) is 2.68. The zero-order chi connectivity index (χ0) is 15.0. The molecule has 2 heterocycles. The average molecular weight is 286 g/mol. The van der Waals surface area contributed by atoms with E-state index in [4.69, 9.17) is 4.42 Å². The van der Waals surface area contributed by atoms with Crippen LogP contribution in [0.4, 0.5) is 0 Å². The highest BCUT2D eigenvalue weighted by molar-refractivity contribution is 5.96. The van der Waals surface area contributed by atoms with E-state index in [1.165, 1.54) is 11.1 Å². The summed E-state index contributed by atoms with van der Waals surface area (Å²) in [4.78, 5) is 14.4. The minimum absolute atomic E-state index is 0.0200. The van der Waals surface area contributed by atoms with Crippen LogP contribution in [0, 0.1) is 13.8 Å². The number of fused-ring (bicyclic) bond motifs is 1. The van der Waals surface area contributed by atoms with E-state index >= 15 is 0 Å². The molecule has 1 aromatic carbocycles. The van der Waals surface area contributed by atoms with Gasteiger partial charge in [0.1, 0.15) is 5.58 Å². The Kier molecular flexibility index (Phi) is 3.72. The fourth-order valence-corrected chi connectivity index (χ4v) is 2.94. The molecule has 3 rings (SSSR count). The number of carbonyl (C=O) groups is 1. The zero-order valence-corrected chi connectivity index (χ0v) is 12.9. The first-order valence-electron chi connectivity index (χ1n) is 7.55. The third-order valence-electron chi connectivity index (χ3n) is 4.52. The van der Waals surface area contributed by atoms with Gasteiger partial charge in [-0.05, 0) is 69.1 Å². The lowest BCUT2D eigenvalue weighted by Gasteiger charge is -2.31. The fourth-order valence-electron chi connectivity index (χ4n) is 2.94. The van der Waals surface area contributed by atoms with Gasteiger partial charge in [-0.2, -0.15) is 0 Å². The molecular weight excluding hydrogens is 264 g/mol. The SMILES string of the molecule is Cc1cc2cc(C(=O)N(C)C3CCNCC3)oc2cc1C. The van der Waals surface area contributed by atoms with Crippen LogP contribution in [0.2, 0.25) is 0 Å². The van der Waals surface area contributed by atoms with E-state index in [2.05, 4.69) is 25.2 Å². The van der Waals surface area contributed by atoms with Crippen molar-refractivity contribution in [2.45, 2.75) is 32.7 Å². The molecule has 0 saturated carbocycles. The van der Waals surface area contributed by atoms with Crippen molar-refractivity contribution in [2.75, 3.05) is 20.1 Å². The van der Waals surface area contributed by atoms with E-state index in [-0.39, 0.29) is 5.91 Å². The van der Waals surface area contributed by atoms with Crippen LogP contribution in [0.1, 0.15) is 34.5 Å². The monoisotopic (exact) mass is 286 g/mol. The Labute approximate surface area is 125 Å². The molecule has 4 nitrogen and oxygen atoms in total. The van der Waals surface area contributed by atoms with Gasteiger partial charge in [-0.1, -0.05) is 0 Å². The molecule has 21 heavy (non-hydrogen) atoms. The number of amides is 1. The molecule has 1 aliphatic rings. The molecule has 0 unspecified atom stereocenters. The van der Waals surface area contributed by atoms with Crippen molar-refractivity contribution in [1.29, 1.82) is 0 Å². The first-order valence-corrected chi connectivity index (χ1v) is 7.55. The van der Waals surface area contributed by atoms with E-state index in [9.17, 15) is 4.79 Å². The van der Waals surface area contributed by atoms with Crippen LogP contribution < -0.4 is 5.32 Å². The normalized spacial score (nSPS) is 16.3. The molecule has 1 amide bonds. The summed E-state index contributed by atoms with van der Waals surface area (Å²) in [6.07, 6.45) is 2.00. The van der Waals surface area contributed by atoms with Gasteiger partial charge in [0.15, 0.2) is 5.76 Å². The predicted octanol–water partition coefficient (Wildman–Crippen LogP) is 2.87. The Balaban J connectivity index is 1.87. The highest BCUT2D eigenvalue weighted by atomic mass is 16.3. The van der Waals surface area contributed by atoms with Crippen molar-refractivity contribution in [3.05, 3.63) is 35.1 Å². The van der Waals surface area contributed by atoms with Gasteiger partial charge in [0.25, 0.3) is 5.91 Å². The molecule has 112 valence electrons. The molecule has 1 fully saturated rings. The van der Waals surface area contributed by atoms with E-state index < -0.39 is 0 Å². The van der Waals surface area contributed by atoms with Gasteiger partial charge >= 0.3 is 0 Å². The van der Waals surface area contributed by atoms with Crippen LogP contribution in [-0.2, 0) is 0 Å². The maximum absolute atomic E-state index is 12.6. The summed E-state index contributed by atoms with van der Waals surface area (Å²) in [7, 11) is 1.88. The van der Waals surface area contributed by atoms with Crippen molar-refractivity contribution in [3.8, 4) is 0 Å². The van der Waals surface area contributed by atoms with Crippen LogP contribution in [0.25, 0.3) is 11.0 Å². The number of piperidine rings is 1. The number of nitrogens with one attached hydrogen (secondary N) is 1. The highest BCUT2D eigenvalue weighted by Gasteiger charge is 2.25. The number of nitrogens with zero attached hydrogens (tertiary/aromatic N) is 1. The Morgan fingerprint density at radius 1 is 1.19 bits per heavy atom. The first-order chi connectivity index (χ1) is 10.1. The topological polar surface area (TPSA) is 45.5 Å². The first kappa shape index (κ1) is 14.1. The maximum Gasteiger partial charge on any atom is 0.289 e. The van der Waals surface area contributed by atoms with Crippen molar-refractivity contribution in [3.63, 3.8) is 0 Å². The largest absolute Gasteiger partial charge is 0.451 e. The molecule has 1 aromatic heterocycles. The standard InChI is InChI=1S/C17H22N2O2/c1-11-8-13-10-16(21-15(13)9-12(11)2)17(20)19(3)14-4-6-18-7-5-14/h8-10,14,18H,4-7H2,1-3H3. The molecule has 0 bridgehead atoms. The number of carbonyl (C=O) groups excluding carboxylic acids is 1. The van der Waals surface area contributed by atoms with Gasteiger partial charge in [0.2, 0.25) is 0 Å². The molecule has 0 radical (unpaired) electrons. The molecule has 0 aliphatic carbocycles. The van der Waals surface area contributed by atoms with Gasteiger partial charge in [0, 0.05) is 18.5 Å². The maximum atomic E-state index is 12.6. The Morgan fingerprint density at radius 3 is 2.57 bits per heavy atom. The smallest absolute Gasteiger partial charge is 0.289 e. The molecule has 2 aromatic rings. The summed E-state index contributed by atoms with van der Waals surface area (Å²) in [6.45, 7) is 6.08. The predicted molar refractivity (Wildman–Crippen MR) is 83.7 cm³/mol. The lowest BCUT2D eigenvalue weighted by atomic mass is 10.1. The molecule has 1 aliphatic heterocycles. The molecule has 0 atom stereocenters. The Bertz CT molecular complexity index is 630. The van der Waals surface area contributed by atoms with Crippen molar-refractivity contribution in [2.24, 2.45) is 0 Å². The quantitative estimate of drug-likeness (QED) is 0.923. The summed E-state index contributed by atoms with van der Waals surface area (Å²) in [5, 5.41) is 4.32. The van der Waals surface area contributed by atoms with Gasteiger partial charge in [-0.25, -0.2) is 0 Å². The molecule has 1 N–H and O–H groups in total. The zero-order valence-electron chi connectivity index (χ0n) is 12.9. The van der Waals surface area contributed by atoms with Crippen molar-refractivity contribution >= 4 is 16.9 Å². The minimum Gasteiger partial charge on any atom is -0.451 e. The second-order valence-electron chi connectivity index (χ2n) is 5.98. The second kappa shape index (κ2) is 5.53. The van der Waals surface area contributed by atoms with E-state index in [0.717, 1.165) is 36.9 Å².